The number of rotatable bonds is 8. The van der Waals surface area contributed by atoms with Crippen LogP contribution in [-0.4, -0.2) is 52.9 Å². The van der Waals surface area contributed by atoms with Crippen molar-refractivity contribution < 1.29 is 18.9 Å². The summed E-state index contributed by atoms with van der Waals surface area (Å²) in [5.41, 5.74) is 1.98. The van der Waals surface area contributed by atoms with Crippen molar-refractivity contribution in [3.63, 3.8) is 0 Å². The van der Waals surface area contributed by atoms with Crippen LogP contribution in [0.2, 0.25) is 0 Å². The Morgan fingerprint density at radius 3 is 0.756 bits per heavy atom. The predicted molar refractivity (Wildman–Crippen MR) is 195 cm³/mol. The van der Waals surface area contributed by atoms with Gasteiger partial charge in [-0.2, -0.15) is 0 Å². The highest BCUT2D eigenvalue weighted by molar-refractivity contribution is 4.91. The van der Waals surface area contributed by atoms with E-state index in [1.807, 2.05) is 0 Å². The summed E-state index contributed by atoms with van der Waals surface area (Å²) in [4.78, 5) is 0. The molecule has 4 fully saturated rings. The fourth-order valence-corrected chi connectivity index (χ4v) is 8.83. The Labute approximate surface area is 283 Å². The molecule has 0 saturated carbocycles. The molecule has 0 atom stereocenters. The average molecular weight is 639 g/mol. The van der Waals surface area contributed by atoms with Crippen LogP contribution in [0.5, 0.6) is 0 Å². The van der Waals surface area contributed by atoms with Crippen LogP contribution in [0.4, 0.5) is 0 Å². The predicted octanol–water partition coefficient (Wildman–Crippen LogP) is 11.2. The van der Waals surface area contributed by atoms with Crippen LogP contribution in [0.25, 0.3) is 0 Å². The maximum absolute atomic E-state index is 5.61. The van der Waals surface area contributed by atoms with Gasteiger partial charge in [-0.3, -0.25) is 0 Å². The molecule has 4 rings (SSSR count). The van der Waals surface area contributed by atoms with E-state index in [1.165, 1.54) is 32.1 Å². The van der Waals surface area contributed by atoms with Gasteiger partial charge in [0.15, 0.2) is 0 Å². The lowest BCUT2D eigenvalue weighted by Gasteiger charge is -2.48. The molecule has 4 heterocycles. The van der Waals surface area contributed by atoms with Crippen LogP contribution in [-0.2, 0) is 18.9 Å². The first-order chi connectivity index (χ1) is 20.9. The first kappa shape index (κ1) is 42.9. The molecule has 4 aliphatic rings. The molecular weight excluding hydrogens is 556 g/mol. The quantitative estimate of drug-likeness (QED) is 0.265. The van der Waals surface area contributed by atoms with E-state index < -0.39 is 0 Å². The van der Waals surface area contributed by atoms with Gasteiger partial charge in [-0.05, 0) is 90.3 Å². The second-order valence-corrected chi connectivity index (χ2v) is 17.7. The van der Waals surface area contributed by atoms with Crippen LogP contribution in [0.1, 0.15) is 143 Å². The van der Waals surface area contributed by atoms with Gasteiger partial charge < -0.3 is 18.9 Å². The zero-order chi connectivity index (χ0) is 34.6. The topological polar surface area (TPSA) is 36.9 Å². The minimum absolute atomic E-state index is 0.457. The zero-order valence-corrected chi connectivity index (χ0v) is 33.4. The lowest BCUT2D eigenvalue weighted by atomic mass is 9.64. The van der Waals surface area contributed by atoms with Gasteiger partial charge in [0.1, 0.15) is 0 Å². The summed E-state index contributed by atoms with van der Waals surface area (Å²) < 4.78 is 21.8. The summed E-state index contributed by atoms with van der Waals surface area (Å²) >= 11 is 0. The highest BCUT2D eigenvalue weighted by Crippen LogP contribution is 2.45. The highest BCUT2D eigenvalue weighted by atomic mass is 16.5. The number of hydrogen-bond acceptors (Lipinski definition) is 4. The van der Waals surface area contributed by atoms with Crippen LogP contribution in [0, 0.1) is 69.0 Å². The maximum Gasteiger partial charge on any atom is 0.0549 e. The Morgan fingerprint density at radius 2 is 0.578 bits per heavy atom. The minimum atomic E-state index is 0.457. The summed E-state index contributed by atoms with van der Waals surface area (Å²) in [6, 6.07) is 0. The van der Waals surface area contributed by atoms with Crippen molar-refractivity contribution in [3.05, 3.63) is 0 Å². The van der Waals surface area contributed by atoms with Crippen LogP contribution >= 0.6 is 0 Å². The van der Waals surface area contributed by atoms with Crippen molar-refractivity contribution in [3.8, 4) is 0 Å². The van der Waals surface area contributed by atoms with Crippen molar-refractivity contribution >= 4 is 0 Å². The van der Waals surface area contributed by atoms with Gasteiger partial charge in [0.25, 0.3) is 0 Å². The Balaban J connectivity index is 0.000000301. The fourth-order valence-electron chi connectivity index (χ4n) is 8.83. The van der Waals surface area contributed by atoms with E-state index in [0.29, 0.717) is 21.7 Å². The third kappa shape index (κ3) is 10.7. The monoisotopic (exact) mass is 639 g/mol. The molecule has 0 amide bonds. The lowest BCUT2D eigenvalue weighted by Crippen LogP contribution is -2.50. The smallest absolute Gasteiger partial charge is 0.0549 e. The highest BCUT2D eigenvalue weighted by Gasteiger charge is 2.44. The summed E-state index contributed by atoms with van der Waals surface area (Å²) in [6.07, 6.45) is 6.35. The molecule has 45 heavy (non-hydrogen) atoms. The molecule has 4 saturated heterocycles. The van der Waals surface area contributed by atoms with Crippen molar-refractivity contribution in [2.75, 3.05) is 52.9 Å². The summed E-state index contributed by atoms with van der Waals surface area (Å²) in [5, 5.41) is 0. The van der Waals surface area contributed by atoms with E-state index >= 15 is 0 Å². The molecule has 0 spiro atoms. The molecule has 0 unspecified atom stereocenters. The van der Waals surface area contributed by atoms with E-state index in [4.69, 9.17) is 18.9 Å². The fraction of sp³-hybridized carbons (Fsp3) is 1.00. The molecule has 0 bridgehead atoms. The first-order valence-electron chi connectivity index (χ1n) is 19.2. The number of ether oxygens (including phenoxy) is 4. The van der Waals surface area contributed by atoms with Crippen LogP contribution in [0.15, 0.2) is 0 Å². The molecule has 0 N–H and O–H groups in total. The lowest BCUT2D eigenvalue weighted by molar-refractivity contribution is -0.164. The SMILES string of the molecule is CC(C)C1(C(C)C)CCCOC1.CC(C)C1(C(C)C)CCOC1.CC(C)C1(C(C)C)CCOCC1.CC(C)C1(C(C)C)COC1. The van der Waals surface area contributed by atoms with Gasteiger partial charge in [0, 0.05) is 37.3 Å². The van der Waals surface area contributed by atoms with Gasteiger partial charge in [0.05, 0.1) is 26.4 Å². The normalized spacial score (nSPS) is 23.5. The zero-order valence-electron chi connectivity index (χ0n) is 33.4. The van der Waals surface area contributed by atoms with Gasteiger partial charge in [0.2, 0.25) is 0 Å². The molecule has 0 aromatic heterocycles. The molecule has 0 aliphatic carbocycles. The maximum atomic E-state index is 5.61. The van der Waals surface area contributed by atoms with E-state index in [0.717, 1.165) is 100 Å². The molecule has 0 aromatic rings. The van der Waals surface area contributed by atoms with Crippen molar-refractivity contribution in [2.45, 2.75) is 143 Å². The van der Waals surface area contributed by atoms with Crippen LogP contribution < -0.4 is 0 Å². The largest absolute Gasteiger partial charge is 0.381 e. The first-order valence-corrected chi connectivity index (χ1v) is 19.2. The van der Waals surface area contributed by atoms with E-state index in [-0.39, 0.29) is 0 Å². The minimum Gasteiger partial charge on any atom is -0.381 e. The van der Waals surface area contributed by atoms with Gasteiger partial charge in [-0.25, -0.2) is 0 Å². The Kier molecular flexibility index (Phi) is 18.2. The van der Waals surface area contributed by atoms with Crippen molar-refractivity contribution in [1.29, 1.82) is 0 Å². The second-order valence-electron chi connectivity index (χ2n) is 17.7. The molecule has 0 radical (unpaired) electrons. The van der Waals surface area contributed by atoms with Gasteiger partial charge >= 0.3 is 0 Å². The van der Waals surface area contributed by atoms with Crippen molar-refractivity contribution in [1.82, 2.24) is 0 Å². The average Bonchev–Trinajstić information content (AvgIpc) is 3.46. The molecule has 4 nitrogen and oxygen atoms in total. The Bertz CT molecular complexity index is 682. The van der Waals surface area contributed by atoms with E-state index in [9.17, 15) is 0 Å². The van der Waals surface area contributed by atoms with Crippen LogP contribution in [0.3, 0.4) is 0 Å². The van der Waals surface area contributed by atoms with E-state index in [1.54, 1.807) is 0 Å². The van der Waals surface area contributed by atoms with Gasteiger partial charge in [-0.1, -0.05) is 111 Å². The summed E-state index contributed by atoms with van der Waals surface area (Å²) in [6.45, 7) is 44.9. The molecule has 4 heteroatoms. The molecular formula is C41H82O4. The summed E-state index contributed by atoms with van der Waals surface area (Å²) in [5.74, 6) is 6.12. The van der Waals surface area contributed by atoms with Crippen molar-refractivity contribution in [2.24, 2.45) is 69.0 Å². The third-order valence-electron chi connectivity index (χ3n) is 13.7. The standard InChI is InChI=1S/2C11H22O.C10H20O.C9H18O/c1-9(2)11(10(3)4)5-7-12-8-6-11;1-9(2)11(10(3)4)6-5-7-12-8-11;1-8(2)10(9(3)4)5-6-11-7-10;1-7(2)9(8(3)4)5-10-6-9/h2*9-10H,5-8H2,1-4H3;8-9H,5-7H2,1-4H3;7-8H,5-6H2,1-4H3. The molecule has 0 aromatic carbocycles. The van der Waals surface area contributed by atoms with E-state index in [2.05, 4.69) is 111 Å². The number of hydrogen-bond donors (Lipinski definition) is 0. The Hall–Kier alpha value is -0.160. The molecule has 270 valence electrons. The molecule has 4 aliphatic heterocycles. The summed E-state index contributed by atoms with van der Waals surface area (Å²) in [7, 11) is 0. The second kappa shape index (κ2) is 19.1. The Morgan fingerprint density at radius 1 is 0.289 bits per heavy atom. The third-order valence-corrected chi connectivity index (χ3v) is 13.7. The van der Waals surface area contributed by atoms with Gasteiger partial charge in [-0.15, -0.1) is 0 Å².